The van der Waals surface area contributed by atoms with Gasteiger partial charge in [-0.15, -0.1) is 0 Å². The molecule has 1 fully saturated rings. The standard InChI is InChI=1S/C19H20N2O2/c20-12-18-15(11-10-14-6-4-5-9-17(14)18)13-23-19(22)21-16-7-2-1-3-8-16/h4-6,9-11,16H,1-3,7-8,13H2,(H,21,22). The van der Waals surface area contributed by atoms with Crippen LogP contribution in [0.25, 0.3) is 10.8 Å². The van der Waals surface area contributed by atoms with Crippen LogP contribution in [0.2, 0.25) is 0 Å². The second-order valence-corrected chi connectivity index (χ2v) is 5.99. The van der Waals surface area contributed by atoms with Gasteiger partial charge in [0.1, 0.15) is 12.7 Å². The van der Waals surface area contributed by atoms with E-state index in [4.69, 9.17) is 4.74 Å². The molecular weight excluding hydrogens is 288 g/mol. The Labute approximate surface area is 136 Å². The van der Waals surface area contributed by atoms with Crippen molar-refractivity contribution in [3.8, 4) is 6.07 Å². The number of fused-ring (bicyclic) bond motifs is 1. The zero-order chi connectivity index (χ0) is 16.1. The van der Waals surface area contributed by atoms with Gasteiger partial charge in [-0.1, -0.05) is 55.7 Å². The number of nitrogens with zero attached hydrogens (tertiary/aromatic N) is 1. The third kappa shape index (κ3) is 3.62. The highest BCUT2D eigenvalue weighted by molar-refractivity contribution is 5.89. The van der Waals surface area contributed by atoms with Crippen LogP contribution in [0.15, 0.2) is 36.4 Å². The van der Waals surface area contributed by atoms with Crippen molar-refractivity contribution in [1.29, 1.82) is 5.26 Å². The minimum absolute atomic E-state index is 0.117. The lowest BCUT2D eigenvalue weighted by atomic mass is 9.96. The molecule has 4 nitrogen and oxygen atoms in total. The first-order valence-electron chi connectivity index (χ1n) is 8.12. The van der Waals surface area contributed by atoms with Crippen LogP contribution in [-0.2, 0) is 11.3 Å². The molecule has 0 aliphatic heterocycles. The van der Waals surface area contributed by atoms with E-state index in [9.17, 15) is 10.1 Å². The summed E-state index contributed by atoms with van der Waals surface area (Å²) in [6.45, 7) is 0.117. The van der Waals surface area contributed by atoms with Crippen LogP contribution in [0.4, 0.5) is 4.79 Å². The molecule has 0 unspecified atom stereocenters. The molecule has 0 aromatic heterocycles. The fraction of sp³-hybridized carbons (Fsp3) is 0.368. The van der Waals surface area contributed by atoms with Crippen molar-refractivity contribution in [2.45, 2.75) is 44.8 Å². The van der Waals surface area contributed by atoms with Gasteiger partial charge in [-0.25, -0.2) is 4.79 Å². The molecule has 0 saturated heterocycles. The summed E-state index contributed by atoms with van der Waals surface area (Å²) in [6, 6.07) is 14.0. The van der Waals surface area contributed by atoms with Crippen molar-refractivity contribution in [3.63, 3.8) is 0 Å². The Balaban J connectivity index is 1.67. The largest absolute Gasteiger partial charge is 0.445 e. The lowest BCUT2D eigenvalue weighted by Crippen LogP contribution is -2.36. The molecule has 1 N–H and O–H groups in total. The second-order valence-electron chi connectivity index (χ2n) is 5.99. The monoisotopic (exact) mass is 308 g/mol. The Bertz CT molecular complexity index is 743. The summed E-state index contributed by atoms with van der Waals surface area (Å²) in [7, 11) is 0. The predicted molar refractivity (Wildman–Crippen MR) is 88.9 cm³/mol. The minimum atomic E-state index is -0.394. The normalized spacial score (nSPS) is 15.1. The van der Waals surface area contributed by atoms with Crippen molar-refractivity contribution in [3.05, 3.63) is 47.5 Å². The summed E-state index contributed by atoms with van der Waals surface area (Å²) >= 11 is 0. The molecule has 1 aliphatic carbocycles. The van der Waals surface area contributed by atoms with Crippen molar-refractivity contribution in [1.82, 2.24) is 5.32 Å². The Morgan fingerprint density at radius 2 is 1.96 bits per heavy atom. The Morgan fingerprint density at radius 3 is 2.74 bits per heavy atom. The fourth-order valence-electron chi connectivity index (χ4n) is 3.17. The van der Waals surface area contributed by atoms with Gasteiger partial charge in [0.2, 0.25) is 0 Å². The van der Waals surface area contributed by atoms with Gasteiger partial charge in [-0.3, -0.25) is 0 Å². The first-order chi connectivity index (χ1) is 11.3. The molecule has 0 bridgehead atoms. The highest BCUT2D eigenvalue weighted by atomic mass is 16.5. The quantitative estimate of drug-likeness (QED) is 0.921. The third-order valence-electron chi connectivity index (χ3n) is 4.41. The maximum absolute atomic E-state index is 11.9. The molecule has 0 atom stereocenters. The molecule has 2 aromatic carbocycles. The maximum atomic E-state index is 11.9. The molecule has 0 spiro atoms. The van der Waals surface area contributed by atoms with Crippen molar-refractivity contribution >= 4 is 16.9 Å². The van der Waals surface area contributed by atoms with Crippen LogP contribution in [0.5, 0.6) is 0 Å². The van der Waals surface area contributed by atoms with Gasteiger partial charge in [-0.05, 0) is 23.6 Å². The number of carbonyl (C=O) groups excluding carboxylic acids is 1. The third-order valence-corrected chi connectivity index (χ3v) is 4.41. The van der Waals surface area contributed by atoms with Gasteiger partial charge in [0.25, 0.3) is 0 Å². The molecule has 1 amide bonds. The van der Waals surface area contributed by atoms with E-state index < -0.39 is 6.09 Å². The topological polar surface area (TPSA) is 62.1 Å². The van der Waals surface area contributed by atoms with Gasteiger partial charge >= 0.3 is 6.09 Å². The van der Waals surface area contributed by atoms with Crippen LogP contribution in [0, 0.1) is 11.3 Å². The predicted octanol–water partition coefficient (Wildman–Crippen LogP) is 4.27. The van der Waals surface area contributed by atoms with Crippen LogP contribution in [-0.4, -0.2) is 12.1 Å². The Morgan fingerprint density at radius 1 is 1.17 bits per heavy atom. The van der Waals surface area contributed by atoms with Gasteiger partial charge in [0.05, 0.1) is 5.56 Å². The van der Waals surface area contributed by atoms with Gasteiger partial charge in [0.15, 0.2) is 0 Å². The van der Waals surface area contributed by atoms with Crippen molar-refractivity contribution in [2.24, 2.45) is 0 Å². The lowest BCUT2D eigenvalue weighted by molar-refractivity contribution is 0.133. The van der Waals surface area contributed by atoms with Gasteiger partial charge < -0.3 is 10.1 Å². The van der Waals surface area contributed by atoms with E-state index in [1.165, 1.54) is 6.42 Å². The first kappa shape index (κ1) is 15.4. The summed E-state index contributed by atoms with van der Waals surface area (Å²) in [6.07, 6.45) is 5.22. The minimum Gasteiger partial charge on any atom is -0.445 e. The van der Waals surface area contributed by atoms with Gasteiger partial charge in [-0.2, -0.15) is 5.26 Å². The molecule has 23 heavy (non-hydrogen) atoms. The number of rotatable bonds is 3. The molecule has 1 aliphatic rings. The lowest BCUT2D eigenvalue weighted by Gasteiger charge is -2.22. The molecule has 1 saturated carbocycles. The highest BCUT2D eigenvalue weighted by Gasteiger charge is 2.17. The zero-order valence-electron chi connectivity index (χ0n) is 13.0. The van der Waals surface area contributed by atoms with Crippen LogP contribution in [0.1, 0.15) is 43.2 Å². The number of hydrogen-bond donors (Lipinski definition) is 1. The van der Waals surface area contributed by atoms with E-state index in [0.717, 1.165) is 42.0 Å². The number of hydrogen-bond acceptors (Lipinski definition) is 3. The molecule has 118 valence electrons. The maximum Gasteiger partial charge on any atom is 0.407 e. The van der Waals surface area contributed by atoms with E-state index in [2.05, 4.69) is 11.4 Å². The summed E-state index contributed by atoms with van der Waals surface area (Å²) < 4.78 is 5.32. The second kappa shape index (κ2) is 7.15. The summed E-state index contributed by atoms with van der Waals surface area (Å²) in [4.78, 5) is 11.9. The fourth-order valence-corrected chi connectivity index (χ4v) is 3.17. The van der Waals surface area contributed by atoms with Crippen LogP contribution >= 0.6 is 0 Å². The molecule has 0 heterocycles. The van der Waals surface area contributed by atoms with E-state index >= 15 is 0 Å². The van der Waals surface area contributed by atoms with E-state index in [1.54, 1.807) is 0 Å². The molecule has 0 radical (unpaired) electrons. The van der Waals surface area contributed by atoms with Gasteiger partial charge in [0, 0.05) is 11.6 Å². The number of carbonyl (C=O) groups is 1. The van der Waals surface area contributed by atoms with E-state index in [-0.39, 0.29) is 12.6 Å². The summed E-state index contributed by atoms with van der Waals surface area (Å²) in [5.41, 5.74) is 1.32. The SMILES string of the molecule is N#Cc1c(COC(=O)NC2CCCCC2)ccc2ccccc12. The number of benzene rings is 2. The van der Waals surface area contributed by atoms with E-state index in [0.29, 0.717) is 5.56 Å². The van der Waals surface area contributed by atoms with Crippen molar-refractivity contribution in [2.75, 3.05) is 0 Å². The Hall–Kier alpha value is -2.54. The molecule has 4 heteroatoms. The number of ether oxygens (including phenoxy) is 1. The molecule has 2 aromatic rings. The van der Waals surface area contributed by atoms with Crippen molar-refractivity contribution < 1.29 is 9.53 Å². The average molecular weight is 308 g/mol. The van der Waals surface area contributed by atoms with Crippen LogP contribution < -0.4 is 5.32 Å². The number of alkyl carbamates (subject to hydrolysis) is 1. The smallest absolute Gasteiger partial charge is 0.407 e. The van der Waals surface area contributed by atoms with E-state index in [1.807, 2.05) is 36.4 Å². The molecular formula is C19H20N2O2. The number of amides is 1. The zero-order valence-corrected chi connectivity index (χ0v) is 13.0. The Kier molecular flexibility index (Phi) is 4.77. The average Bonchev–Trinajstić information content (AvgIpc) is 2.60. The first-order valence-corrected chi connectivity index (χ1v) is 8.12. The summed E-state index contributed by atoms with van der Waals surface area (Å²) in [5, 5.41) is 14.3. The number of nitrogens with one attached hydrogen (secondary N) is 1. The summed E-state index contributed by atoms with van der Waals surface area (Å²) in [5.74, 6) is 0. The highest BCUT2D eigenvalue weighted by Crippen LogP contribution is 2.22. The van der Waals surface area contributed by atoms with Crippen LogP contribution in [0.3, 0.4) is 0 Å². The number of nitriles is 1. The molecule has 3 rings (SSSR count).